The molecule has 0 radical (unpaired) electrons. The fourth-order valence-corrected chi connectivity index (χ4v) is 2.10. The molecule has 0 atom stereocenters. The van der Waals surface area contributed by atoms with Crippen LogP contribution >= 0.6 is 33.9 Å². The van der Waals surface area contributed by atoms with Gasteiger partial charge in [0, 0.05) is 5.38 Å². The fraction of sp³-hybridized carbons (Fsp3) is 0. The van der Waals surface area contributed by atoms with Crippen LogP contribution in [0.15, 0.2) is 20.7 Å². The molecule has 0 fully saturated rings. The summed E-state index contributed by atoms with van der Waals surface area (Å²) in [7, 11) is 0. The molecule has 0 saturated carbocycles. The van der Waals surface area contributed by atoms with Gasteiger partial charge < -0.3 is 4.42 Å². The van der Waals surface area contributed by atoms with Gasteiger partial charge in [-0.1, -0.05) is 0 Å². The molecule has 0 saturated heterocycles. The average molecular weight is 294 g/mol. The van der Waals surface area contributed by atoms with E-state index in [0.29, 0.717) is 5.89 Å². The van der Waals surface area contributed by atoms with Crippen LogP contribution in [0, 0.1) is 2.88 Å². The minimum atomic E-state index is -0.522. The highest BCUT2D eigenvalue weighted by Gasteiger charge is 2.06. The Morgan fingerprint density at radius 2 is 2.50 bits per heavy atom. The summed E-state index contributed by atoms with van der Waals surface area (Å²) < 4.78 is 5.90. The van der Waals surface area contributed by atoms with Gasteiger partial charge in [-0.2, -0.15) is 0 Å². The Bertz CT molecular complexity index is 444. The van der Waals surface area contributed by atoms with Gasteiger partial charge in [0.25, 0.3) is 0 Å². The summed E-state index contributed by atoms with van der Waals surface area (Å²) in [5.41, 5.74) is 0.836. The quantitative estimate of drug-likeness (QED) is 0.814. The number of aromatic nitrogens is 2. The number of halogens is 1. The molecule has 12 heavy (non-hydrogen) atoms. The second kappa shape index (κ2) is 3.02. The van der Waals surface area contributed by atoms with Crippen LogP contribution in [0.3, 0.4) is 0 Å². The highest BCUT2D eigenvalue weighted by Crippen LogP contribution is 2.23. The van der Waals surface area contributed by atoms with Gasteiger partial charge in [0.05, 0.1) is 8.45 Å². The summed E-state index contributed by atoms with van der Waals surface area (Å²) in [6.07, 6.45) is 0. The van der Waals surface area contributed by atoms with E-state index in [0.717, 1.165) is 8.45 Å². The Morgan fingerprint density at radius 3 is 3.00 bits per heavy atom. The van der Waals surface area contributed by atoms with Crippen molar-refractivity contribution in [2.45, 2.75) is 0 Å². The predicted molar refractivity (Wildman–Crippen MR) is 53.2 cm³/mol. The first-order valence-corrected chi connectivity index (χ1v) is 5.01. The molecule has 2 rings (SSSR count). The number of thiophene rings is 1. The Balaban J connectivity index is 2.50. The third kappa shape index (κ3) is 1.44. The minimum absolute atomic E-state index is 0.346. The largest absolute Gasteiger partial charge is 0.434 e. The lowest BCUT2D eigenvalue weighted by Crippen LogP contribution is -1.93. The molecule has 0 spiro atoms. The molecule has 4 nitrogen and oxygen atoms in total. The van der Waals surface area contributed by atoms with Crippen LogP contribution in [0.1, 0.15) is 0 Å². The normalized spacial score (nSPS) is 10.4. The van der Waals surface area contributed by atoms with Crippen molar-refractivity contribution >= 4 is 33.9 Å². The molecule has 0 aromatic carbocycles. The van der Waals surface area contributed by atoms with Crippen LogP contribution in [0.5, 0.6) is 0 Å². The summed E-state index contributed by atoms with van der Waals surface area (Å²) in [5.74, 6) is -0.176. The lowest BCUT2D eigenvalue weighted by Gasteiger charge is -1.81. The Morgan fingerprint density at radius 1 is 1.67 bits per heavy atom. The SMILES string of the molecule is O=c1[nH]nc(-c2csc(I)c2)o1. The molecule has 0 amide bonds. The Hall–Kier alpha value is -0.630. The lowest BCUT2D eigenvalue weighted by atomic mass is 10.3. The van der Waals surface area contributed by atoms with Crippen molar-refractivity contribution in [3.05, 3.63) is 24.9 Å². The summed E-state index contributed by atoms with van der Waals surface area (Å²) >= 11 is 3.77. The van der Waals surface area contributed by atoms with Crippen molar-refractivity contribution in [3.63, 3.8) is 0 Å². The molecule has 0 aliphatic heterocycles. The zero-order valence-electron chi connectivity index (χ0n) is 5.70. The van der Waals surface area contributed by atoms with Crippen LogP contribution in [-0.2, 0) is 0 Å². The van der Waals surface area contributed by atoms with E-state index >= 15 is 0 Å². The van der Waals surface area contributed by atoms with Crippen molar-refractivity contribution in [1.82, 2.24) is 10.2 Å². The number of hydrogen-bond donors (Lipinski definition) is 1. The fourth-order valence-electron chi connectivity index (χ4n) is 0.776. The van der Waals surface area contributed by atoms with Crippen LogP contribution < -0.4 is 5.76 Å². The molecule has 2 aromatic rings. The number of hydrogen-bond acceptors (Lipinski definition) is 4. The summed E-state index contributed by atoms with van der Waals surface area (Å²) in [6, 6.07) is 1.91. The van der Waals surface area contributed by atoms with Crippen molar-refractivity contribution in [2.75, 3.05) is 0 Å². The Labute approximate surface area is 84.8 Å². The maximum Gasteiger partial charge on any atom is 0.434 e. The molecule has 0 unspecified atom stereocenters. The lowest BCUT2D eigenvalue weighted by molar-refractivity contribution is 0.527. The third-order valence-electron chi connectivity index (χ3n) is 1.25. The molecular weight excluding hydrogens is 291 g/mol. The monoisotopic (exact) mass is 294 g/mol. The van der Waals surface area contributed by atoms with Gasteiger partial charge in [-0.05, 0) is 28.7 Å². The topological polar surface area (TPSA) is 58.9 Å². The van der Waals surface area contributed by atoms with Crippen LogP contribution in [-0.4, -0.2) is 10.2 Å². The maximum atomic E-state index is 10.6. The van der Waals surface area contributed by atoms with Gasteiger partial charge in [-0.3, -0.25) is 0 Å². The molecule has 2 heterocycles. The van der Waals surface area contributed by atoms with E-state index in [1.165, 1.54) is 0 Å². The molecule has 2 aromatic heterocycles. The van der Waals surface area contributed by atoms with Crippen molar-refractivity contribution in [2.24, 2.45) is 0 Å². The van der Waals surface area contributed by atoms with E-state index in [4.69, 9.17) is 4.42 Å². The second-order valence-electron chi connectivity index (χ2n) is 2.06. The first-order valence-electron chi connectivity index (χ1n) is 3.05. The average Bonchev–Trinajstić information content (AvgIpc) is 2.58. The molecule has 1 N–H and O–H groups in total. The van der Waals surface area contributed by atoms with Gasteiger partial charge in [0.2, 0.25) is 5.89 Å². The van der Waals surface area contributed by atoms with Gasteiger partial charge >= 0.3 is 5.76 Å². The zero-order valence-corrected chi connectivity index (χ0v) is 8.68. The van der Waals surface area contributed by atoms with E-state index < -0.39 is 5.76 Å². The van der Waals surface area contributed by atoms with Crippen molar-refractivity contribution in [3.8, 4) is 11.5 Å². The molecule has 0 aliphatic rings. The van der Waals surface area contributed by atoms with Gasteiger partial charge in [-0.25, -0.2) is 9.89 Å². The molecule has 0 bridgehead atoms. The van der Waals surface area contributed by atoms with E-state index in [9.17, 15) is 4.79 Å². The number of H-pyrrole nitrogens is 1. The maximum absolute atomic E-state index is 10.6. The highest BCUT2D eigenvalue weighted by atomic mass is 127. The second-order valence-corrected chi connectivity index (χ2v) is 4.86. The number of aromatic amines is 1. The van der Waals surface area contributed by atoms with Gasteiger partial charge in [-0.15, -0.1) is 16.4 Å². The first-order chi connectivity index (χ1) is 5.75. The standard InChI is InChI=1S/C6H3IN2O2S/c7-4-1-3(2-12-4)5-8-9-6(10)11-5/h1-2H,(H,9,10). The van der Waals surface area contributed by atoms with Crippen molar-refractivity contribution in [1.29, 1.82) is 0 Å². The minimum Gasteiger partial charge on any atom is -0.388 e. The van der Waals surface area contributed by atoms with E-state index in [1.54, 1.807) is 11.3 Å². The first kappa shape index (κ1) is 7.99. The van der Waals surface area contributed by atoms with Crippen LogP contribution in [0.25, 0.3) is 11.5 Å². The van der Waals surface area contributed by atoms with Gasteiger partial charge in [0.15, 0.2) is 0 Å². The summed E-state index contributed by atoms with van der Waals surface area (Å²) in [4.78, 5) is 10.6. The third-order valence-corrected chi connectivity index (χ3v) is 3.04. The summed E-state index contributed by atoms with van der Waals surface area (Å²) in [5, 5.41) is 7.79. The van der Waals surface area contributed by atoms with Gasteiger partial charge in [0.1, 0.15) is 0 Å². The highest BCUT2D eigenvalue weighted by molar-refractivity contribution is 14.1. The van der Waals surface area contributed by atoms with E-state index in [-0.39, 0.29) is 0 Å². The molecular formula is C6H3IN2O2S. The number of nitrogens with one attached hydrogen (secondary N) is 1. The van der Waals surface area contributed by atoms with Crippen molar-refractivity contribution < 1.29 is 4.42 Å². The van der Waals surface area contributed by atoms with E-state index in [1.807, 2.05) is 11.4 Å². The molecule has 6 heteroatoms. The smallest absolute Gasteiger partial charge is 0.388 e. The molecule has 0 aliphatic carbocycles. The number of nitrogens with zero attached hydrogens (tertiary/aromatic N) is 1. The van der Waals surface area contributed by atoms with E-state index in [2.05, 4.69) is 32.8 Å². The Kier molecular flexibility index (Phi) is 2.01. The number of rotatable bonds is 1. The summed E-state index contributed by atoms with van der Waals surface area (Å²) in [6.45, 7) is 0. The zero-order chi connectivity index (χ0) is 8.55. The predicted octanol–water partition coefficient (Wildman–Crippen LogP) is 1.70. The molecule has 62 valence electrons. The van der Waals surface area contributed by atoms with Crippen LogP contribution in [0.4, 0.5) is 0 Å². The van der Waals surface area contributed by atoms with Crippen LogP contribution in [0.2, 0.25) is 0 Å².